The van der Waals surface area contributed by atoms with Crippen LogP contribution in [0.1, 0.15) is 98.0 Å². The van der Waals surface area contributed by atoms with Crippen LogP contribution in [0.25, 0.3) is 0 Å². The molecule has 0 N–H and O–H groups in total. The van der Waals surface area contributed by atoms with Crippen molar-refractivity contribution in [2.24, 2.45) is 16.3 Å². The molecule has 0 saturated heterocycles. The fourth-order valence-corrected chi connectivity index (χ4v) is 6.91. The molecule has 0 atom stereocenters. The Labute approximate surface area is 241 Å². The van der Waals surface area contributed by atoms with Gasteiger partial charge in [0.15, 0.2) is 0 Å². The van der Waals surface area contributed by atoms with E-state index in [4.69, 9.17) is 28.2 Å². The summed E-state index contributed by atoms with van der Waals surface area (Å²) in [6.07, 6.45) is 17.4. The lowest BCUT2D eigenvalue weighted by molar-refractivity contribution is 0.0410. The van der Waals surface area contributed by atoms with E-state index in [0.29, 0.717) is 15.5 Å². The molecule has 206 valence electrons. The Kier molecular flexibility index (Phi) is 9.49. The van der Waals surface area contributed by atoms with E-state index in [-0.39, 0.29) is 5.66 Å². The van der Waals surface area contributed by atoms with Gasteiger partial charge in [0.25, 0.3) is 0 Å². The van der Waals surface area contributed by atoms with Crippen molar-refractivity contribution in [3.63, 3.8) is 0 Å². The van der Waals surface area contributed by atoms with Crippen LogP contribution in [0, 0.1) is 11.3 Å². The average Bonchev–Trinajstić information content (AvgIpc) is 3.24. The summed E-state index contributed by atoms with van der Waals surface area (Å²) in [5, 5.41) is 1.35. The van der Waals surface area contributed by atoms with Crippen molar-refractivity contribution in [2.75, 3.05) is 13.1 Å². The molecule has 1 aromatic rings. The third kappa shape index (κ3) is 6.57. The van der Waals surface area contributed by atoms with Gasteiger partial charge < -0.3 is 0 Å². The Hall–Kier alpha value is -1.61. The number of nitrogens with zero attached hydrogens (tertiary/aromatic N) is 2. The van der Waals surface area contributed by atoms with Crippen molar-refractivity contribution >= 4 is 28.9 Å². The molecule has 0 aromatic heterocycles. The van der Waals surface area contributed by atoms with Gasteiger partial charge in [-0.3, -0.25) is 9.89 Å². The van der Waals surface area contributed by atoms with Crippen molar-refractivity contribution in [1.82, 2.24) is 4.90 Å². The molecular weight excluding hydrogens is 507 g/mol. The second-order valence-corrected chi connectivity index (χ2v) is 13.2. The molecule has 0 unspecified atom stereocenters. The van der Waals surface area contributed by atoms with Crippen LogP contribution in [0.3, 0.4) is 0 Å². The molecule has 1 heterocycles. The van der Waals surface area contributed by atoms with E-state index in [1.54, 1.807) is 6.07 Å². The highest BCUT2D eigenvalue weighted by Crippen LogP contribution is 2.48. The Morgan fingerprint density at radius 3 is 2.37 bits per heavy atom. The quantitative estimate of drug-likeness (QED) is 0.278. The van der Waals surface area contributed by atoms with Gasteiger partial charge in [0.05, 0.1) is 5.71 Å². The summed E-state index contributed by atoms with van der Waals surface area (Å²) in [4.78, 5) is 8.13. The molecule has 1 spiro atoms. The molecule has 0 amide bonds. The zero-order valence-corrected chi connectivity index (χ0v) is 25.7. The fraction of sp³-hybridized carbons (Fsp3) is 0.559. The Balaban J connectivity index is 1.56. The van der Waals surface area contributed by atoms with Crippen molar-refractivity contribution in [1.29, 1.82) is 0 Å². The molecule has 0 radical (unpaired) electrons. The second kappa shape index (κ2) is 12.3. The highest BCUT2D eigenvalue weighted by molar-refractivity contribution is 6.35. The summed E-state index contributed by atoms with van der Waals surface area (Å²) >= 11 is 12.8. The van der Waals surface area contributed by atoms with Gasteiger partial charge in [-0.2, -0.15) is 0 Å². The first-order valence-corrected chi connectivity index (χ1v) is 15.4. The first-order valence-electron chi connectivity index (χ1n) is 14.6. The van der Waals surface area contributed by atoms with Crippen LogP contribution in [0.4, 0.5) is 0 Å². The number of benzene rings is 1. The molecule has 2 nitrogen and oxygen atoms in total. The van der Waals surface area contributed by atoms with E-state index in [1.165, 1.54) is 48.0 Å². The fourth-order valence-electron chi connectivity index (χ4n) is 6.39. The van der Waals surface area contributed by atoms with Gasteiger partial charge in [-0.15, -0.1) is 0 Å². The summed E-state index contributed by atoms with van der Waals surface area (Å²) in [6.45, 7) is 17.8. The minimum absolute atomic E-state index is 0.127. The first kappa shape index (κ1) is 29.4. The monoisotopic (exact) mass is 552 g/mol. The van der Waals surface area contributed by atoms with E-state index in [2.05, 4.69) is 64.3 Å². The van der Waals surface area contributed by atoms with Crippen LogP contribution in [0.15, 0.2) is 70.3 Å². The smallest absolute Gasteiger partial charge is 0.114 e. The summed E-state index contributed by atoms with van der Waals surface area (Å²) < 4.78 is 0. The Morgan fingerprint density at radius 2 is 1.79 bits per heavy atom. The van der Waals surface area contributed by atoms with Crippen LogP contribution in [0.2, 0.25) is 10.0 Å². The second-order valence-electron chi connectivity index (χ2n) is 12.3. The van der Waals surface area contributed by atoms with E-state index in [0.717, 1.165) is 62.4 Å². The molecule has 1 fully saturated rings. The molecule has 38 heavy (non-hydrogen) atoms. The van der Waals surface area contributed by atoms with E-state index in [9.17, 15) is 0 Å². The molecule has 0 bridgehead atoms. The van der Waals surface area contributed by atoms with Crippen LogP contribution in [-0.4, -0.2) is 29.4 Å². The molecule has 3 aliphatic rings. The summed E-state index contributed by atoms with van der Waals surface area (Å²) in [5.74, 6) is 0.759. The van der Waals surface area contributed by atoms with Crippen LogP contribution in [0.5, 0.6) is 0 Å². The van der Waals surface area contributed by atoms with Gasteiger partial charge in [-0.25, -0.2) is 0 Å². The van der Waals surface area contributed by atoms with Crippen LogP contribution in [-0.2, 0) is 0 Å². The zero-order valence-electron chi connectivity index (χ0n) is 24.2. The van der Waals surface area contributed by atoms with Crippen molar-refractivity contribution in [3.8, 4) is 0 Å². The van der Waals surface area contributed by atoms with Crippen molar-refractivity contribution < 1.29 is 0 Å². The predicted octanol–water partition coefficient (Wildman–Crippen LogP) is 10.4. The van der Waals surface area contributed by atoms with Gasteiger partial charge in [-0.1, -0.05) is 94.1 Å². The lowest BCUT2D eigenvalue weighted by Crippen LogP contribution is -2.48. The number of allylic oxidation sites excluding steroid dienone is 6. The lowest BCUT2D eigenvalue weighted by atomic mass is 9.67. The number of rotatable bonds is 9. The average molecular weight is 554 g/mol. The molecule has 4 rings (SSSR count). The molecule has 1 aromatic carbocycles. The van der Waals surface area contributed by atoms with Gasteiger partial charge in [0.1, 0.15) is 5.66 Å². The van der Waals surface area contributed by atoms with Crippen molar-refractivity contribution in [3.05, 3.63) is 80.9 Å². The number of halogens is 2. The molecule has 2 aliphatic carbocycles. The Morgan fingerprint density at radius 1 is 1.11 bits per heavy atom. The number of hydrogen-bond donors (Lipinski definition) is 0. The van der Waals surface area contributed by atoms with Gasteiger partial charge >= 0.3 is 0 Å². The van der Waals surface area contributed by atoms with Crippen molar-refractivity contribution in [2.45, 2.75) is 98.1 Å². The number of aliphatic imine (C=N–C) groups is 1. The maximum absolute atomic E-state index is 6.39. The molecular formula is C34H46Cl2N2. The molecule has 1 aliphatic heterocycles. The standard InChI is InChI=1S/C34H46Cl2N2/c1-7-9-10-24(3)25(4)27-13-11-26(12-14-27)22-38-23-32(28-19-30(35)21-31(36)20-28)37-34(38)17-15-29(16-18-34)33(5,6)8-2/h10-11,13,19-21,29H,4,7-9,12,14-18,22-23H2,1-3,5-6H3. The minimum atomic E-state index is -0.127. The highest BCUT2D eigenvalue weighted by Gasteiger charge is 2.46. The Bertz CT molecular complexity index is 1140. The summed E-state index contributed by atoms with van der Waals surface area (Å²) in [6, 6.07) is 5.84. The van der Waals surface area contributed by atoms with Gasteiger partial charge in [0, 0.05) is 23.1 Å². The van der Waals surface area contributed by atoms with E-state index in [1.807, 2.05) is 12.1 Å². The third-order valence-corrected chi connectivity index (χ3v) is 9.94. The predicted molar refractivity (Wildman–Crippen MR) is 167 cm³/mol. The maximum Gasteiger partial charge on any atom is 0.114 e. The lowest BCUT2D eigenvalue weighted by Gasteiger charge is -2.46. The largest absolute Gasteiger partial charge is 0.270 e. The summed E-state index contributed by atoms with van der Waals surface area (Å²) in [7, 11) is 0. The van der Waals surface area contributed by atoms with Gasteiger partial charge in [-0.05, 0) is 104 Å². The molecule has 4 heteroatoms. The zero-order chi connectivity index (χ0) is 27.5. The topological polar surface area (TPSA) is 15.6 Å². The number of unbranched alkanes of at least 4 members (excludes halogenated alkanes) is 1. The van der Waals surface area contributed by atoms with E-state index >= 15 is 0 Å². The van der Waals surface area contributed by atoms with E-state index < -0.39 is 0 Å². The van der Waals surface area contributed by atoms with Crippen LogP contribution < -0.4 is 0 Å². The maximum atomic E-state index is 6.39. The highest BCUT2D eigenvalue weighted by atomic mass is 35.5. The normalized spacial score (nSPS) is 24.9. The molecule has 1 saturated carbocycles. The number of hydrogen-bond acceptors (Lipinski definition) is 2. The van der Waals surface area contributed by atoms with Crippen LogP contribution >= 0.6 is 23.2 Å². The SMILES string of the molecule is C=C(C(C)=CCCC)C1=CC=C(CN2CC(c3cc(Cl)cc(Cl)c3)=NC23CCC(C(C)(C)CC)CC3)CC1. The minimum Gasteiger partial charge on any atom is -0.270 e. The first-order chi connectivity index (χ1) is 18.1. The summed E-state index contributed by atoms with van der Waals surface area (Å²) in [5.41, 5.74) is 7.84. The van der Waals surface area contributed by atoms with Gasteiger partial charge in [0.2, 0.25) is 0 Å². The third-order valence-electron chi connectivity index (χ3n) is 9.50.